The third-order valence-corrected chi connectivity index (χ3v) is 2.76. The number of hydrogen-bond acceptors (Lipinski definition) is 2. The maximum Gasteiger partial charge on any atom is 0.138 e. The summed E-state index contributed by atoms with van der Waals surface area (Å²) in [5, 5.41) is 0. The molecule has 1 aliphatic rings. The minimum Gasteiger partial charge on any atom is -0.489 e. The second-order valence-electron chi connectivity index (χ2n) is 3.86. The van der Waals surface area contributed by atoms with Crippen molar-refractivity contribution >= 4 is 0 Å². The molecule has 0 bridgehead atoms. The maximum absolute atomic E-state index is 5.81. The maximum atomic E-state index is 5.81. The fourth-order valence-corrected chi connectivity index (χ4v) is 1.89. The van der Waals surface area contributed by atoms with Crippen LogP contribution in [0.25, 0.3) is 0 Å². The average Bonchev–Trinajstić information content (AvgIpc) is 2.72. The van der Waals surface area contributed by atoms with Crippen LogP contribution >= 0.6 is 0 Å². The predicted molar refractivity (Wildman–Crippen MR) is 56.5 cm³/mol. The van der Waals surface area contributed by atoms with Crippen LogP contribution in [0.2, 0.25) is 0 Å². The Morgan fingerprint density at radius 3 is 2.71 bits per heavy atom. The molecule has 2 rings (SSSR count). The van der Waals surface area contributed by atoms with Crippen molar-refractivity contribution in [3.8, 4) is 5.75 Å². The van der Waals surface area contributed by atoms with E-state index in [0.29, 0.717) is 6.10 Å². The third-order valence-electron chi connectivity index (χ3n) is 2.76. The number of ether oxygens (including phenoxy) is 1. The smallest absolute Gasteiger partial charge is 0.138 e. The summed E-state index contributed by atoms with van der Waals surface area (Å²) in [7, 11) is 0. The van der Waals surface area contributed by atoms with Crippen LogP contribution in [0.15, 0.2) is 18.3 Å². The van der Waals surface area contributed by atoms with Crippen molar-refractivity contribution in [2.45, 2.75) is 45.1 Å². The zero-order chi connectivity index (χ0) is 9.80. The summed E-state index contributed by atoms with van der Waals surface area (Å²) < 4.78 is 5.81. The van der Waals surface area contributed by atoms with Gasteiger partial charge in [-0.2, -0.15) is 0 Å². The summed E-state index contributed by atoms with van der Waals surface area (Å²) in [4.78, 5) is 4.31. The molecule has 1 heterocycles. The van der Waals surface area contributed by atoms with Crippen LogP contribution in [0.3, 0.4) is 0 Å². The van der Waals surface area contributed by atoms with Crippen molar-refractivity contribution in [1.82, 2.24) is 4.98 Å². The highest BCUT2D eigenvalue weighted by Gasteiger charge is 2.16. The van der Waals surface area contributed by atoms with Gasteiger partial charge in [0.2, 0.25) is 0 Å². The summed E-state index contributed by atoms with van der Waals surface area (Å²) in [6.45, 7) is 2.11. The lowest BCUT2D eigenvalue weighted by Crippen LogP contribution is -2.10. The summed E-state index contributed by atoms with van der Waals surface area (Å²) in [5.41, 5.74) is 1.13. The molecule has 0 N–H and O–H groups in total. The van der Waals surface area contributed by atoms with Gasteiger partial charge in [-0.1, -0.05) is 6.92 Å². The largest absolute Gasteiger partial charge is 0.489 e. The Hall–Kier alpha value is -1.05. The number of aryl methyl sites for hydroxylation is 1. The molecule has 0 radical (unpaired) electrons. The number of aromatic nitrogens is 1. The van der Waals surface area contributed by atoms with Crippen molar-refractivity contribution in [2.24, 2.45) is 0 Å². The molecule has 14 heavy (non-hydrogen) atoms. The van der Waals surface area contributed by atoms with Crippen molar-refractivity contribution in [3.05, 3.63) is 24.0 Å². The molecule has 1 aromatic heterocycles. The van der Waals surface area contributed by atoms with Gasteiger partial charge in [0.05, 0.1) is 12.3 Å². The molecular weight excluding hydrogens is 174 g/mol. The Morgan fingerprint density at radius 1 is 1.36 bits per heavy atom. The molecule has 0 atom stereocenters. The Balaban J connectivity index is 1.95. The van der Waals surface area contributed by atoms with Crippen LogP contribution < -0.4 is 4.74 Å². The molecule has 0 unspecified atom stereocenters. The van der Waals surface area contributed by atoms with E-state index < -0.39 is 0 Å². The van der Waals surface area contributed by atoms with Crippen molar-refractivity contribution in [2.75, 3.05) is 0 Å². The molecule has 76 valence electrons. The number of hydrogen-bond donors (Lipinski definition) is 0. The Bertz CT molecular complexity index is 275. The average molecular weight is 191 g/mol. The van der Waals surface area contributed by atoms with E-state index >= 15 is 0 Å². The third kappa shape index (κ3) is 2.25. The fourth-order valence-electron chi connectivity index (χ4n) is 1.89. The van der Waals surface area contributed by atoms with E-state index in [1.54, 1.807) is 0 Å². The topological polar surface area (TPSA) is 22.1 Å². The highest BCUT2D eigenvalue weighted by Crippen LogP contribution is 2.23. The van der Waals surface area contributed by atoms with Crippen molar-refractivity contribution in [1.29, 1.82) is 0 Å². The highest BCUT2D eigenvalue weighted by atomic mass is 16.5. The van der Waals surface area contributed by atoms with Gasteiger partial charge in [-0.05, 0) is 44.2 Å². The van der Waals surface area contributed by atoms with Gasteiger partial charge in [-0.25, -0.2) is 0 Å². The number of rotatable bonds is 3. The molecule has 0 amide bonds. The first-order chi connectivity index (χ1) is 6.88. The van der Waals surface area contributed by atoms with Crippen LogP contribution in [-0.4, -0.2) is 11.1 Å². The molecule has 0 saturated heterocycles. The minimum atomic E-state index is 0.435. The molecule has 0 aromatic carbocycles. The van der Waals surface area contributed by atoms with Gasteiger partial charge in [0, 0.05) is 5.69 Å². The van der Waals surface area contributed by atoms with Gasteiger partial charge >= 0.3 is 0 Å². The van der Waals surface area contributed by atoms with Crippen LogP contribution in [0, 0.1) is 0 Å². The molecule has 1 fully saturated rings. The lowest BCUT2D eigenvalue weighted by atomic mass is 10.3. The standard InChI is InChI=1S/C12H17NO/c1-2-10-7-8-12(9-13-10)14-11-5-3-4-6-11/h7-9,11H,2-6H2,1H3. The normalized spacial score (nSPS) is 17.2. The molecule has 0 spiro atoms. The van der Waals surface area contributed by atoms with Gasteiger partial charge in [0.25, 0.3) is 0 Å². The first-order valence-electron chi connectivity index (χ1n) is 5.50. The van der Waals surface area contributed by atoms with Gasteiger partial charge in [-0.15, -0.1) is 0 Å². The van der Waals surface area contributed by atoms with Crippen LogP contribution in [0.5, 0.6) is 5.75 Å². The van der Waals surface area contributed by atoms with Gasteiger partial charge in [-0.3, -0.25) is 4.98 Å². The predicted octanol–water partition coefficient (Wildman–Crippen LogP) is 2.97. The van der Waals surface area contributed by atoms with E-state index in [4.69, 9.17) is 4.74 Å². The highest BCUT2D eigenvalue weighted by molar-refractivity contribution is 5.20. The zero-order valence-electron chi connectivity index (χ0n) is 8.70. The van der Waals surface area contributed by atoms with Crippen molar-refractivity contribution < 1.29 is 4.74 Å². The molecular formula is C12H17NO. The summed E-state index contributed by atoms with van der Waals surface area (Å²) >= 11 is 0. The number of pyridine rings is 1. The van der Waals surface area contributed by atoms with Crippen LogP contribution in [-0.2, 0) is 6.42 Å². The Kier molecular flexibility index (Phi) is 3.02. The summed E-state index contributed by atoms with van der Waals surface area (Å²) in [6.07, 6.45) is 8.30. The summed E-state index contributed by atoms with van der Waals surface area (Å²) in [6, 6.07) is 4.08. The SMILES string of the molecule is CCc1ccc(OC2CCCC2)cn1. The van der Waals surface area contributed by atoms with Crippen molar-refractivity contribution in [3.63, 3.8) is 0 Å². The minimum absolute atomic E-state index is 0.435. The Labute approximate surface area is 85.3 Å². The van der Waals surface area contributed by atoms with Gasteiger partial charge in [0.15, 0.2) is 0 Å². The summed E-state index contributed by atoms with van der Waals surface area (Å²) in [5.74, 6) is 0.925. The van der Waals surface area contributed by atoms with E-state index in [9.17, 15) is 0 Å². The molecule has 2 heteroatoms. The molecule has 1 aliphatic carbocycles. The lowest BCUT2D eigenvalue weighted by molar-refractivity contribution is 0.209. The van der Waals surface area contributed by atoms with Gasteiger partial charge in [0.1, 0.15) is 5.75 Å². The first-order valence-corrected chi connectivity index (χ1v) is 5.50. The molecule has 1 aromatic rings. The van der Waals surface area contributed by atoms with E-state index in [0.717, 1.165) is 17.9 Å². The Morgan fingerprint density at radius 2 is 2.14 bits per heavy atom. The monoisotopic (exact) mass is 191 g/mol. The lowest BCUT2D eigenvalue weighted by Gasteiger charge is -2.12. The van der Waals surface area contributed by atoms with E-state index in [1.807, 2.05) is 18.3 Å². The second kappa shape index (κ2) is 4.45. The van der Waals surface area contributed by atoms with Gasteiger partial charge < -0.3 is 4.74 Å². The molecule has 2 nitrogen and oxygen atoms in total. The molecule has 0 aliphatic heterocycles. The molecule has 1 saturated carbocycles. The van der Waals surface area contributed by atoms with Crippen LogP contribution in [0.1, 0.15) is 38.3 Å². The van der Waals surface area contributed by atoms with E-state index in [-0.39, 0.29) is 0 Å². The first kappa shape index (κ1) is 9.50. The van der Waals surface area contributed by atoms with E-state index in [1.165, 1.54) is 25.7 Å². The quantitative estimate of drug-likeness (QED) is 0.732. The van der Waals surface area contributed by atoms with E-state index in [2.05, 4.69) is 11.9 Å². The number of nitrogens with zero attached hydrogens (tertiary/aromatic N) is 1. The second-order valence-corrected chi connectivity index (χ2v) is 3.86. The zero-order valence-corrected chi connectivity index (χ0v) is 8.70. The fraction of sp³-hybridized carbons (Fsp3) is 0.583. The van der Waals surface area contributed by atoms with Crippen LogP contribution in [0.4, 0.5) is 0 Å².